The van der Waals surface area contributed by atoms with Gasteiger partial charge in [-0.05, 0) is 38.6 Å². The van der Waals surface area contributed by atoms with E-state index in [0.717, 1.165) is 18.5 Å². The number of nitrogens with zero attached hydrogens (tertiary/aromatic N) is 1. The van der Waals surface area contributed by atoms with Crippen LogP contribution in [0.1, 0.15) is 31.9 Å². The van der Waals surface area contributed by atoms with Gasteiger partial charge in [0.1, 0.15) is 11.9 Å². The summed E-state index contributed by atoms with van der Waals surface area (Å²) in [5.74, 6) is 0.101. The van der Waals surface area contributed by atoms with Gasteiger partial charge in [-0.3, -0.25) is 10.1 Å². The molecule has 0 fully saturated rings. The highest BCUT2D eigenvalue weighted by molar-refractivity contribution is 6.02. The van der Waals surface area contributed by atoms with Gasteiger partial charge in [0.2, 0.25) is 5.91 Å². The summed E-state index contributed by atoms with van der Waals surface area (Å²) in [6.07, 6.45) is 0.985. The quantitative estimate of drug-likeness (QED) is 0.846. The van der Waals surface area contributed by atoms with E-state index >= 15 is 0 Å². The molecule has 0 aromatic heterocycles. The van der Waals surface area contributed by atoms with Crippen molar-refractivity contribution >= 4 is 11.6 Å². The molecule has 0 radical (unpaired) electrons. The van der Waals surface area contributed by atoms with Crippen LogP contribution in [0.3, 0.4) is 0 Å². The number of nitrogens with one attached hydrogen (secondary N) is 2. The molecular formula is C16H24FN3O. The van der Waals surface area contributed by atoms with E-state index in [4.69, 9.17) is 0 Å². The minimum Gasteiger partial charge on any atom is -0.324 e. The molecule has 0 aliphatic carbocycles. The molecule has 2 unspecified atom stereocenters. The minimum absolute atomic E-state index is 0.108. The molecule has 0 spiro atoms. The van der Waals surface area contributed by atoms with Crippen molar-refractivity contribution in [2.45, 2.75) is 32.4 Å². The normalized spacial score (nSPS) is 19.0. The Bertz CT molecular complexity index is 506. The van der Waals surface area contributed by atoms with Crippen LogP contribution in [0.15, 0.2) is 18.2 Å². The number of halogens is 1. The summed E-state index contributed by atoms with van der Waals surface area (Å²) < 4.78 is 13.2. The zero-order valence-electron chi connectivity index (χ0n) is 13.1. The molecular weight excluding hydrogens is 269 g/mol. The zero-order chi connectivity index (χ0) is 15.6. The van der Waals surface area contributed by atoms with Crippen molar-refractivity contribution in [1.82, 2.24) is 10.2 Å². The van der Waals surface area contributed by atoms with Crippen molar-refractivity contribution in [3.63, 3.8) is 0 Å². The first-order chi connectivity index (χ1) is 9.86. The average molecular weight is 293 g/mol. The summed E-state index contributed by atoms with van der Waals surface area (Å²) in [6.45, 7) is 5.20. The molecule has 0 saturated heterocycles. The van der Waals surface area contributed by atoms with Gasteiger partial charge in [0, 0.05) is 23.8 Å². The lowest BCUT2D eigenvalue weighted by Crippen LogP contribution is -2.43. The summed E-state index contributed by atoms with van der Waals surface area (Å²) in [5, 5.41) is 6.17. The predicted molar refractivity (Wildman–Crippen MR) is 82.7 cm³/mol. The number of rotatable bonds is 6. The highest BCUT2D eigenvalue weighted by Gasteiger charge is 2.32. The number of benzene rings is 1. The Morgan fingerprint density at radius 3 is 2.71 bits per heavy atom. The second-order valence-electron chi connectivity index (χ2n) is 6.41. The first kappa shape index (κ1) is 15.9. The first-order valence-electron chi connectivity index (χ1n) is 7.38. The number of likely N-dealkylation sites (N-methyl/N-ethyl adjacent to an activating group) is 1. The molecule has 1 heterocycles. The van der Waals surface area contributed by atoms with Gasteiger partial charge in [-0.1, -0.05) is 19.9 Å². The molecule has 2 N–H and O–H groups in total. The van der Waals surface area contributed by atoms with Crippen molar-refractivity contribution < 1.29 is 9.18 Å². The number of anilines is 1. The maximum atomic E-state index is 13.2. The topological polar surface area (TPSA) is 44.4 Å². The van der Waals surface area contributed by atoms with E-state index in [1.165, 1.54) is 12.1 Å². The van der Waals surface area contributed by atoms with Crippen LogP contribution < -0.4 is 10.6 Å². The summed E-state index contributed by atoms with van der Waals surface area (Å²) in [5.41, 5.74) is 1.40. The van der Waals surface area contributed by atoms with Crippen LogP contribution in [-0.2, 0) is 4.79 Å². The van der Waals surface area contributed by atoms with Crippen molar-refractivity contribution in [3.05, 3.63) is 29.6 Å². The monoisotopic (exact) mass is 293 g/mol. The number of amides is 1. The summed E-state index contributed by atoms with van der Waals surface area (Å²) >= 11 is 0. The predicted octanol–water partition coefficient (Wildman–Crippen LogP) is 2.38. The number of carbonyl (C=O) groups excluding carboxylic acids is 1. The fourth-order valence-corrected chi connectivity index (χ4v) is 2.84. The maximum absolute atomic E-state index is 13.2. The number of hydrogen-bond donors (Lipinski definition) is 2. The number of fused-ring (bicyclic) bond motifs is 1. The van der Waals surface area contributed by atoms with Crippen LogP contribution in [0, 0.1) is 11.7 Å². The van der Waals surface area contributed by atoms with Crippen LogP contribution in [0.25, 0.3) is 0 Å². The van der Waals surface area contributed by atoms with Gasteiger partial charge in [0.15, 0.2) is 0 Å². The molecule has 1 aromatic carbocycles. The van der Waals surface area contributed by atoms with Gasteiger partial charge in [0.05, 0.1) is 0 Å². The van der Waals surface area contributed by atoms with E-state index in [1.54, 1.807) is 6.07 Å². The lowest BCUT2D eigenvalue weighted by molar-refractivity contribution is -0.117. The van der Waals surface area contributed by atoms with Gasteiger partial charge in [-0.15, -0.1) is 0 Å². The van der Waals surface area contributed by atoms with E-state index in [9.17, 15) is 9.18 Å². The van der Waals surface area contributed by atoms with Crippen LogP contribution in [0.5, 0.6) is 0 Å². The van der Waals surface area contributed by atoms with Crippen LogP contribution in [-0.4, -0.2) is 37.5 Å². The molecule has 1 aromatic rings. The Morgan fingerprint density at radius 2 is 2.10 bits per heavy atom. The minimum atomic E-state index is -0.399. The summed E-state index contributed by atoms with van der Waals surface area (Å²) in [6, 6.07) is 4.27. The average Bonchev–Trinajstić information content (AvgIpc) is 2.63. The fourth-order valence-electron chi connectivity index (χ4n) is 2.84. The Morgan fingerprint density at radius 1 is 1.38 bits per heavy atom. The Balaban J connectivity index is 2.15. The molecule has 2 atom stereocenters. The zero-order valence-corrected chi connectivity index (χ0v) is 13.1. The molecule has 4 nitrogen and oxygen atoms in total. The van der Waals surface area contributed by atoms with Crippen LogP contribution in [0.4, 0.5) is 10.1 Å². The van der Waals surface area contributed by atoms with E-state index < -0.39 is 6.04 Å². The van der Waals surface area contributed by atoms with Crippen LogP contribution >= 0.6 is 0 Å². The van der Waals surface area contributed by atoms with Crippen LogP contribution in [0.2, 0.25) is 0 Å². The summed E-state index contributed by atoms with van der Waals surface area (Å²) in [4.78, 5) is 14.2. The molecule has 2 rings (SSSR count). The lowest BCUT2D eigenvalue weighted by Gasteiger charge is -2.26. The molecule has 1 aliphatic heterocycles. The second kappa shape index (κ2) is 6.54. The third kappa shape index (κ3) is 4.02. The molecule has 0 saturated carbocycles. The SMILES string of the molecule is CC(C)CC(CN(C)C)NC1C(=O)Nc2cc(F)ccc21. The van der Waals surface area contributed by atoms with E-state index in [1.807, 2.05) is 14.1 Å². The van der Waals surface area contributed by atoms with Gasteiger partial charge >= 0.3 is 0 Å². The van der Waals surface area contributed by atoms with E-state index in [2.05, 4.69) is 29.4 Å². The number of carbonyl (C=O) groups is 1. The van der Waals surface area contributed by atoms with Crippen molar-refractivity contribution in [2.75, 3.05) is 26.0 Å². The molecule has 21 heavy (non-hydrogen) atoms. The van der Waals surface area contributed by atoms with Gasteiger partial charge in [-0.2, -0.15) is 0 Å². The van der Waals surface area contributed by atoms with E-state index in [0.29, 0.717) is 11.6 Å². The molecule has 5 heteroatoms. The summed E-state index contributed by atoms with van der Waals surface area (Å²) in [7, 11) is 4.04. The van der Waals surface area contributed by atoms with Crippen molar-refractivity contribution in [2.24, 2.45) is 5.92 Å². The van der Waals surface area contributed by atoms with Gasteiger partial charge < -0.3 is 10.2 Å². The third-order valence-corrected chi connectivity index (χ3v) is 3.59. The standard InChI is InChI=1S/C16H24FN3O/c1-10(2)7-12(9-20(3)4)18-15-13-6-5-11(17)8-14(13)19-16(15)21/h5-6,8,10,12,15,18H,7,9H2,1-4H3,(H,19,21). The van der Waals surface area contributed by atoms with Gasteiger partial charge in [-0.25, -0.2) is 4.39 Å². The smallest absolute Gasteiger partial charge is 0.246 e. The molecule has 116 valence electrons. The molecule has 0 bridgehead atoms. The molecule has 1 aliphatic rings. The lowest BCUT2D eigenvalue weighted by atomic mass is 10.0. The third-order valence-electron chi connectivity index (χ3n) is 3.59. The number of hydrogen-bond acceptors (Lipinski definition) is 3. The second-order valence-corrected chi connectivity index (χ2v) is 6.41. The highest BCUT2D eigenvalue weighted by atomic mass is 19.1. The first-order valence-corrected chi connectivity index (χ1v) is 7.38. The fraction of sp³-hybridized carbons (Fsp3) is 0.562. The van der Waals surface area contributed by atoms with Crippen molar-refractivity contribution in [1.29, 1.82) is 0 Å². The Kier molecular flexibility index (Phi) is 4.96. The largest absolute Gasteiger partial charge is 0.324 e. The maximum Gasteiger partial charge on any atom is 0.246 e. The Hall–Kier alpha value is -1.46. The van der Waals surface area contributed by atoms with Gasteiger partial charge in [0.25, 0.3) is 0 Å². The van der Waals surface area contributed by atoms with E-state index in [-0.39, 0.29) is 17.8 Å². The molecule has 1 amide bonds. The van der Waals surface area contributed by atoms with Crippen molar-refractivity contribution in [3.8, 4) is 0 Å². The highest BCUT2D eigenvalue weighted by Crippen LogP contribution is 2.31. The Labute approximate surface area is 125 Å².